The number of esters is 1. The summed E-state index contributed by atoms with van der Waals surface area (Å²) in [5.41, 5.74) is 2.65. The number of fused-ring (bicyclic) bond motifs is 1. The van der Waals surface area contributed by atoms with Crippen LogP contribution in [0.25, 0.3) is 22.0 Å². The molecule has 4 nitrogen and oxygen atoms in total. The molecule has 1 heterocycles. The fourth-order valence-corrected chi connectivity index (χ4v) is 2.39. The quantitative estimate of drug-likeness (QED) is 0.572. The molecule has 100 valence electrons. The maximum atomic E-state index is 11.8. The molecule has 4 heteroatoms. The van der Waals surface area contributed by atoms with Crippen molar-refractivity contribution >= 4 is 16.9 Å². The molecule has 1 N–H and O–H groups in total. The molecule has 0 aliphatic heterocycles. The van der Waals surface area contributed by atoms with Crippen molar-refractivity contribution in [3.63, 3.8) is 0 Å². The van der Waals surface area contributed by atoms with Crippen molar-refractivity contribution in [3.8, 4) is 11.1 Å². The van der Waals surface area contributed by atoms with Crippen LogP contribution < -0.4 is 0 Å². The first kappa shape index (κ1) is 12.3. The van der Waals surface area contributed by atoms with Gasteiger partial charge in [-0.1, -0.05) is 42.5 Å². The third-order valence-corrected chi connectivity index (χ3v) is 3.30. The second kappa shape index (κ2) is 4.74. The normalized spacial score (nSPS) is 10.7. The third kappa shape index (κ3) is 1.82. The Labute approximate surface area is 115 Å². The third-order valence-electron chi connectivity index (χ3n) is 3.30. The van der Waals surface area contributed by atoms with Crippen LogP contribution >= 0.6 is 0 Å². The van der Waals surface area contributed by atoms with Gasteiger partial charge in [0.25, 0.3) is 0 Å². The molecule has 3 aromatic rings. The van der Waals surface area contributed by atoms with Crippen molar-refractivity contribution in [1.82, 2.24) is 4.73 Å². The maximum absolute atomic E-state index is 11.8. The molecule has 0 saturated heterocycles. The molecular formula is C16H13NO3. The first-order valence-electron chi connectivity index (χ1n) is 6.19. The number of carbonyl (C=O) groups is 1. The van der Waals surface area contributed by atoms with E-state index in [9.17, 15) is 10.0 Å². The Hall–Kier alpha value is -2.75. The largest absolute Gasteiger partial charge is 0.465 e. The predicted molar refractivity (Wildman–Crippen MR) is 75.9 cm³/mol. The zero-order valence-corrected chi connectivity index (χ0v) is 10.9. The van der Waals surface area contributed by atoms with E-state index in [-0.39, 0.29) is 0 Å². The molecule has 1 aromatic heterocycles. The molecule has 0 unspecified atom stereocenters. The number of hydrogen-bond donors (Lipinski definition) is 1. The monoisotopic (exact) mass is 267 g/mol. The fourth-order valence-electron chi connectivity index (χ4n) is 2.39. The number of para-hydroxylation sites is 1. The van der Waals surface area contributed by atoms with E-state index in [4.69, 9.17) is 4.74 Å². The Kier molecular flexibility index (Phi) is 2.91. The maximum Gasteiger partial charge on any atom is 0.340 e. The smallest absolute Gasteiger partial charge is 0.340 e. The van der Waals surface area contributed by atoms with E-state index >= 15 is 0 Å². The molecule has 20 heavy (non-hydrogen) atoms. The Bertz CT molecular complexity index is 775. The van der Waals surface area contributed by atoms with Gasteiger partial charge in [0.2, 0.25) is 0 Å². The van der Waals surface area contributed by atoms with Crippen LogP contribution in [0.3, 0.4) is 0 Å². The zero-order valence-electron chi connectivity index (χ0n) is 10.9. The molecule has 3 rings (SSSR count). The van der Waals surface area contributed by atoms with Crippen LogP contribution in [-0.4, -0.2) is 23.0 Å². The Morgan fingerprint density at radius 1 is 1.10 bits per heavy atom. The lowest BCUT2D eigenvalue weighted by Crippen LogP contribution is -2.04. The summed E-state index contributed by atoms with van der Waals surface area (Å²) in [6.45, 7) is 0. The summed E-state index contributed by atoms with van der Waals surface area (Å²) < 4.78 is 5.73. The van der Waals surface area contributed by atoms with Crippen LogP contribution in [0.5, 0.6) is 0 Å². The average Bonchev–Trinajstić information content (AvgIpc) is 2.85. The number of carbonyl (C=O) groups excluding carboxylic acids is 1. The van der Waals surface area contributed by atoms with Gasteiger partial charge in [0.15, 0.2) is 0 Å². The number of rotatable bonds is 2. The minimum Gasteiger partial charge on any atom is -0.465 e. The van der Waals surface area contributed by atoms with Gasteiger partial charge in [-0.25, -0.2) is 4.79 Å². The molecule has 0 atom stereocenters. The van der Waals surface area contributed by atoms with Crippen LogP contribution in [0.4, 0.5) is 0 Å². The van der Waals surface area contributed by atoms with E-state index in [1.165, 1.54) is 7.11 Å². The van der Waals surface area contributed by atoms with Crippen molar-refractivity contribution < 1.29 is 14.7 Å². The van der Waals surface area contributed by atoms with Gasteiger partial charge in [-0.15, -0.1) is 0 Å². The van der Waals surface area contributed by atoms with Gasteiger partial charge in [-0.2, -0.15) is 4.73 Å². The predicted octanol–water partition coefficient (Wildman–Crippen LogP) is 3.33. The number of aromatic nitrogens is 1. The summed E-state index contributed by atoms with van der Waals surface area (Å²) in [7, 11) is 1.32. The van der Waals surface area contributed by atoms with E-state index < -0.39 is 5.97 Å². The lowest BCUT2D eigenvalue weighted by atomic mass is 10.0. The van der Waals surface area contributed by atoms with Crippen molar-refractivity contribution in [1.29, 1.82) is 0 Å². The lowest BCUT2D eigenvalue weighted by Gasteiger charge is -2.03. The SMILES string of the molecule is COC(=O)c1cccc2c(-c3ccccc3)cn(O)c12. The van der Waals surface area contributed by atoms with Crippen LogP contribution in [0.2, 0.25) is 0 Å². The summed E-state index contributed by atoms with van der Waals surface area (Å²) in [5.74, 6) is -0.469. The fraction of sp³-hybridized carbons (Fsp3) is 0.0625. The molecule has 2 aromatic carbocycles. The van der Waals surface area contributed by atoms with Gasteiger partial charge in [-0.3, -0.25) is 0 Å². The number of nitrogens with zero attached hydrogens (tertiary/aromatic N) is 1. The van der Waals surface area contributed by atoms with Crippen molar-refractivity contribution in [2.45, 2.75) is 0 Å². The van der Waals surface area contributed by atoms with Crippen LogP contribution in [-0.2, 0) is 4.74 Å². The van der Waals surface area contributed by atoms with Crippen molar-refractivity contribution in [3.05, 3.63) is 60.3 Å². The molecule has 0 aliphatic carbocycles. The summed E-state index contributed by atoms with van der Waals surface area (Å²) in [6, 6.07) is 15.0. The van der Waals surface area contributed by atoms with Gasteiger partial charge in [0, 0.05) is 10.9 Å². The van der Waals surface area contributed by atoms with Crippen LogP contribution in [0, 0.1) is 0 Å². The Balaban J connectivity index is 2.31. The highest BCUT2D eigenvalue weighted by molar-refractivity contribution is 6.07. The van der Waals surface area contributed by atoms with Gasteiger partial charge >= 0.3 is 5.97 Å². The number of methoxy groups -OCH3 is 1. The summed E-state index contributed by atoms with van der Waals surface area (Å²) in [5, 5.41) is 10.9. The van der Waals surface area contributed by atoms with E-state index in [1.807, 2.05) is 36.4 Å². The van der Waals surface area contributed by atoms with E-state index in [0.717, 1.165) is 21.2 Å². The molecule has 0 radical (unpaired) electrons. The Morgan fingerprint density at radius 3 is 2.55 bits per heavy atom. The number of benzene rings is 2. The number of ether oxygens (including phenoxy) is 1. The van der Waals surface area contributed by atoms with E-state index in [1.54, 1.807) is 18.3 Å². The van der Waals surface area contributed by atoms with Gasteiger partial charge in [0.1, 0.15) is 5.52 Å². The lowest BCUT2D eigenvalue weighted by molar-refractivity contribution is 0.0600. The molecule has 0 spiro atoms. The highest BCUT2D eigenvalue weighted by Crippen LogP contribution is 2.31. The average molecular weight is 267 g/mol. The summed E-state index contributed by atoms with van der Waals surface area (Å²) >= 11 is 0. The Morgan fingerprint density at radius 2 is 1.85 bits per heavy atom. The van der Waals surface area contributed by atoms with Gasteiger partial charge < -0.3 is 9.94 Å². The first-order valence-corrected chi connectivity index (χ1v) is 6.19. The molecule has 0 amide bonds. The van der Waals surface area contributed by atoms with Crippen molar-refractivity contribution in [2.24, 2.45) is 0 Å². The molecule has 0 bridgehead atoms. The van der Waals surface area contributed by atoms with E-state index in [0.29, 0.717) is 11.1 Å². The zero-order chi connectivity index (χ0) is 14.1. The van der Waals surface area contributed by atoms with E-state index in [2.05, 4.69) is 0 Å². The standard InChI is InChI=1S/C16H13NO3/c1-20-16(18)13-9-5-8-12-14(10-17(19)15(12)13)11-6-3-2-4-7-11/h2-10,19H,1H3. The second-order valence-corrected chi connectivity index (χ2v) is 4.45. The molecule has 0 fully saturated rings. The highest BCUT2D eigenvalue weighted by Gasteiger charge is 2.17. The molecular weight excluding hydrogens is 254 g/mol. The highest BCUT2D eigenvalue weighted by atomic mass is 16.5. The summed E-state index contributed by atoms with van der Waals surface area (Å²) in [6.07, 6.45) is 1.60. The number of hydrogen-bond acceptors (Lipinski definition) is 3. The minimum atomic E-state index is -0.469. The molecule has 0 saturated carbocycles. The van der Waals surface area contributed by atoms with Gasteiger partial charge in [0.05, 0.1) is 18.9 Å². The van der Waals surface area contributed by atoms with Crippen LogP contribution in [0.15, 0.2) is 54.7 Å². The summed E-state index contributed by atoms with van der Waals surface area (Å²) in [4.78, 5) is 11.8. The topological polar surface area (TPSA) is 51.5 Å². The van der Waals surface area contributed by atoms with Gasteiger partial charge in [-0.05, 0) is 11.6 Å². The minimum absolute atomic E-state index is 0.342. The first-order chi connectivity index (χ1) is 9.72. The van der Waals surface area contributed by atoms with Crippen molar-refractivity contribution in [2.75, 3.05) is 7.11 Å². The molecule has 0 aliphatic rings. The second-order valence-electron chi connectivity index (χ2n) is 4.45. The van der Waals surface area contributed by atoms with Crippen LogP contribution in [0.1, 0.15) is 10.4 Å².